The van der Waals surface area contributed by atoms with E-state index >= 15 is 0 Å². The first-order valence-corrected chi connectivity index (χ1v) is 11.2. The molecule has 0 bridgehead atoms. The highest BCUT2D eigenvalue weighted by Gasteiger charge is 2.30. The number of unbranched alkanes of at least 4 members (excludes halogenated alkanes) is 2. The average molecular weight is 469 g/mol. The topological polar surface area (TPSA) is 61.1 Å². The van der Waals surface area contributed by atoms with Crippen LogP contribution >= 0.6 is 0 Å². The van der Waals surface area contributed by atoms with Gasteiger partial charge in [-0.05, 0) is 54.4 Å². The second-order valence-electron chi connectivity index (χ2n) is 8.08. The van der Waals surface area contributed by atoms with Crippen molar-refractivity contribution in [2.45, 2.75) is 45.5 Å². The predicted octanol–water partition coefficient (Wildman–Crippen LogP) is 6.65. The predicted molar refractivity (Wildman–Crippen MR) is 125 cm³/mol. The van der Waals surface area contributed by atoms with Gasteiger partial charge in [-0.25, -0.2) is 4.79 Å². The van der Waals surface area contributed by atoms with Crippen LogP contribution in [-0.4, -0.2) is 22.0 Å². The number of carbonyl (C=O) groups excluding carboxylic acids is 1. The van der Waals surface area contributed by atoms with Gasteiger partial charge in [0.15, 0.2) is 0 Å². The summed E-state index contributed by atoms with van der Waals surface area (Å²) in [6, 6.07) is 17.4. The molecule has 8 heteroatoms. The summed E-state index contributed by atoms with van der Waals surface area (Å²) in [5.41, 5.74) is 1.64. The Morgan fingerprint density at radius 3 is 2.62 bits per heavy atom. The van der Waals surface area contributed by atoms with Gasteiger partial charge in [0, 0.05) is 30.7 Å². The van der Waals surface area contributed by atoms with Crippen molar-refractivity contribution < 1.29 is 18.0 Å². The molecule has 0 fully saturated rings. The number of halogens is 3. The van der Waals surface area contributed by atoms with Gasteiger partial charge in [-0.2, -0.15) is 18.4 Å². The van der Waals surface area contributed by atoms with E-state index in [1.54, 1.807) is 41.4 Å². The number of carbonyl (C=O) groups is 1. The largest absolute Gasteiger partial charge is 0.416 e. The number of nitrogens with one attached hydrogen (secondary N) is 1. The lowest BCUT2D eigenvalue weighted by Crippen LogP contribution is -2.36. The number of aromatic nitrogens is 1. The number of urea groups is 1. The van der Waals surface area contributed by atoms with E-state index < -0.39 is 11.7 Å². The monoisotopic (exact) mass is 468 g/mol. The summed E-state index contributed by atoms with van der Waals surface area (Å²) in [6.07, 6.45) is 0.210. The summed E-state index contributed by atoms with van der Waals surface area (Å²) in [6.45, 7) is 3.19. The molecule has 2 aromatic carbocycles. The highest BCUT2D eigenvalue weighted by Crippen LogP contribution is 2.29. The number of anilines is 1. The summed E-state index contributed by atoms with van der Waals surface area (Å²) in [4.78, 5) is 14.7. The average Bonchev–Trinajstić information content (AvgIpc) is 3.24. The third-order valence-corrected chi connectivity index (χ3v) is 5.45. The SMILES string of the molecule is CCCCCN(Cc1cccn1Cc1cccc(C(F)(F)F)c1)C(=O)Nc1cccc(C#N)c1. The molecule has 1 aromatic heterocycles. The third-order valence-electron chi connectivity index (χ3n) is 5.45. The van der Waals surface area contributed by atoms with Gasteiger partial charge in [0.2, 0.25) is 0 Å². The molecule has 0 radical (unpaired) electrons. The first-order valence-electron chi connectivity index (χ1n) is 11.2. The van der Waals surface area contributed by atoms with Crippen molar-refractivity contribution in [3.63, 3.8) is 0 Å². The number of hydrogen-bond donors (Lipinski definition) is 1. The maximum Gasteiger partial charge on any atom is 0.416 e. The van der Waals surface area contributed by atoms with Gasteiger partial charge in [0.05, 0.1) is 23.7 Å². The molecule has 0 aliphatic heterocycles. The first-order chi connectivity index (χ1) is 16.3. The Balaban J connectivity index is 1.76. The molecule has 3 rings (SSSR count). The van der Waals surface area contributed by atoms with Gasteiger partial charge in [0.1, 0.15) is 0 Å². The van der Waals surface area contributed by atoms with Gasteiger partial charge in [0.25, 0.3) is 0 Å². The normalized spacial score (nSPS) is 11.1. The van der Waals surface area contributed by atoms with Crippen molar-refractivity contribution in [1.82, 2.24) is 9.47 Å². The lowest BCUT2D eigenvalue weighted by molar-refractivity contribution is -0.137. The van der Waals surface area contributed by atoms with Gasteiger partial charge < -0.3 is 14.8 Å². The first kappa shape index (κ1) is 24.9. The summed E-state index contributed by atoms with van der Waals surface area (Å²) in [7, 11) is 0. The molecule has 0 saturated heterocycles. The van der Waals surface area contributed by atoms with Gasteiger partial charge in [-0.15, -0.1) is 0 Å². The number of hydrogen-bond acceptors (Lipinski definition) is 2. The van der Waals surface area contributed by atoms with E-state index in [4.69, 9.17) is 5.26 Å². The second kappa shape index (κ2) is 11.4. The van der Waals surface area contributed by atoms with Gasteiger partial charge in [-0.3, -0.25) is 0 Å². The molecule has 3 aromatic rings. The smallest absolute Gasteiger partial charge is 0.345 e. The zero-order valence-corrected chi connectivity index (χ0v) is 19.0. The van der Waals surface area contributed by atoms with Crippen LogP contribution in [0.3, 0.4) is 0 Å². The standard InChI is InChI=1S/C26H27F3N4O/c1-2-3-4-13-33(25(34)31-23-11-6-8-20(16-23)17-30)19-24-12-7-14-32(24)18-21-9-5-10-22(15-21)26(27,28)29/h5-12,14-16H,2-4,13,18-19H2,1H3,(H,31,34). The van der Waals surface area contributed by atoms with Crippen LogP contribution < -0.4 is 5.32 Å². The lowest BCUT2D eigenvalue weighted by Gasteiger charge is -2.24. The number of alkyl halides is 3. The van der Waals surface area contributed by atoms with Crippen LogP contribution in [0, 0.1) is 11.3 Å². The number of nitriles is 1. The van der Waals surface area contributed by atoms with E-state index in [9.17, 15) is 18.0 Å². The van der Waals surface area contributed by atoms with Crippen LogP contribution in [-0.2, 0) is 19.3 Å². The maximum absolute atomic E-state index is 13.1. The van der Waals surface area contributed by atoms with E-state index in [0.717, 1.165) is 37.1 Å². The fourth-order valence-corrected chi connectivity index (χ4v) is 3.66. The fourth-order valence-electron chi connectivity index (χ4n) is 3.66. The molecule has 0 unspecified atom stereocenters. The molecule has 0 atom stereocenters. The molecule has 2 amide bonds. The summed E-state index contributed by atoms with van der Waals surface area (Å²) < 4.78 is 41.1. The van der Waals surface area contributed by atoms with Crippen molar-refractivity contribution in [3.05, 3.63) is 89.2 Å². The van der Waals surface area contributed by atoms with Gasteiger partial charge >= 0.3 is 12.2 Å². The van der Waals surface area contributed by atoms with Crippen LogP contribution in [0.25, 0.3) is 0 Å². The molecule has 0 aliphatic rings. The highest BCUT2D eigenvalue weighted by molar-refractivity contribution is 5.89. The summed E-state index contributed by atoms with van der Waals surface area (Å²) >= 11 is 0. The molecule has 5 nitrogen and oxygen atoms in total. The van der Waals surface area contributed by atoms with Crippen molar-refractivity contribution in [3.8, 4) is 6.07 Å². The second-order valence-corrected chi connectivity index (χ2v) is 8.08. The van der Waals surface area contributed by atoms with Crippen LogP contribution in [0.5, 0.6) is 0 Å². The van der Waals surface area contributed by atoms with E-state index in [2.05, 4.69) is 18.3 Å². The van der Waals surface area contributed by atoms with E-state index in [-0.39, 0.29) is 12.6 Å². The Labute approximate surface area is 197 Å². The lowest BCUT2D eigenvalue weighted by atomic mass is 10.1. The molecule has 34 heavy (non-hydrogen) atoms. The van der Waals surface area contributed by atoms with Gasteiger partial charge in [-0.1, -0.05) is 38.0 Å². The number of nitrogens with zero attached hydrogens (tertiary/aromatic N) is 3. The van der Waals surface area contributed by atoms with Crippen molar-refractivity contribution in [2.75, 3.05) is 11.9 Å². The number of amides is 2. The molecule has 1 N–H and O–H groups in total. The van der Waals surface area contributed by atoms with Crippen LogP contribution in [0.2, 0.25) is 0 Å². The Hall–Kier alpha value is -3.73. The molecule has 1 heterocycles. The van der Waals surface area contributed by atoms with E-state index in [1.807, 2.05) is 16.7 Å². The summed E-state index contributed by atoms with van der Waals surface area (Å²) in [5, 5.41) is 11.9. The van der Waals surface area contributed by atoms with Crippen molar-refractivity contribution in [2.24, 2.45) is 0 Å². The zero-order valence-electron chi connectivity index (χ0n) is 19.0. The molecule has 0 spiro atoms. The third kappa shape index (κ3) is 6.88. The van der Waals surface area contributed by atoms with E-state index in [1.165, 1.54) is 6.07 Å². The summed E-state index contributed by atoms with van der Waals surface area (Å²) in [5.74, 6) is 0. The Morgan fingerprint density at radius 2 is 1.88 bits per heavy atom. The Bertz CT molecular complexity index is 1150. The fraction of sp³-hybridized carbons (Fsp3) is 0.308. The molecule has 0 saturated carbocycles. The van der Waals surface area contributed by atoms with Crippen LogP contribution in [0.1, 0.15) is 48.6 Å². The van der Waals surface area contributed by atoms with Crippen molar-refractivity contribution >= 4 is 11.7 Å². The zero-order chi connectivity index (χ0) is 24.6. The Morgan fingerprint density at radius 1 is 1.09 bits per heavy atom. The maximum atomic E-state index is 13.1. The minimum absolute atomic E-state index is 0.265. The highest BCUT2D eigenvalue weighted by atomic mass is 19.4. The quantitative estimate of drug-likeness (QED) is 0.357. The van der Waals surface area contributed by atoms with E-state index in [0.29, 0.717) is 29.9 Å². The molecule has 0 aliphatic carbocycles. The molecular formula is C26H27F3N4O. The molecule has 178 valence electrons. The van der Waals surface area contributed by atoms with Crippen LogP contribution in [0.15, 0.2) is 66.9 Å². The Kier molecular flexibility index (Phi) is 8.36. The van der Waals surface area contributed by atoms with Crippen LogP contribution in [0.4, 0.5) is 23.7 Å². The number of rotatable bonds is 9. The molecular weight excluding hydrogens is 441 g/mol. The minimum Gasteiger partial charge on any atom is -0.345 e. The minimum atomic E-state index is -4.40. The van der Waals surface area contributed by atoms with Crippen molar-refractivity contribution in [1.29, 1.82) is 5.26 Å². The number of benzene rings is 2.